The van der Waals surface area contributed by atoms with E-state index in [9.17, 15) is 19.2 Å². The van der Waals surface area contributed by atoms with E-state index in [2.05, 4.69) is 16.0 Å². The first-order chi connectivity index (χ1) is 13.8. The molecule has 0 aromatic carbocycles. The first-order valence-electron chi connectivity index (χ1n) is 10.8. The van der Waals surface area contributed by atoms with Gasteiger partial charge in [-0.1, -0.05) is 6.92 Å². The van der Waals surface area contributed by atoms with Crippen LogP contribution in [0, 0.1) is 23.2 Å². The quantitative estimate of drug-likeness (QED) is 0.532. The Hall–Kier alpha value is -2.12. The van der Waals surface area contributed by atoms with Gasteiger partial charge in [0.25, 0.3) is 5.91 Å². The fourth-order valence-corrected chi connectivity index (χ4v) is 5.60. The smallest absolute Gasteiger partial charge is 0.321 e. The molecule has 162 valence electrons. The lowest BCUT2D eigenvalue weighted by Gasteiger charge is -2.55. The molecule has 0 saturated heterocycles. The highest BCUT2D eigenvalue weighted by molar-refractivity contribution is 5.95. The molecule has 0 unspecified atom stereocenters. The number of amides is 4. The zero-order valence-corrected chi connectivity index (χ0v) is 17.4. The molecule has 4 fully saturated rings. The molecule has 4 saturated carbocycles. The molecular weight excluding hydrogens is 374 g/mol. The Morgan fingerprint density at radius 2 is 1.62 bits per heavy atom. The number of hydrogen-bond acceptors (Lipinski definition) is 5. The van der Waals surface area contributed by atoms with E-state index in [-0.39, 0.29) is 30.3 Å². The topological polar surface area (TPSA) is 114 Å². The monoisotopic (exact) mass is 407 g/mol. The van der Waals surface area contributed by atoms with E-state index in [0.29, 0.717) is 17.8 Å². The van der Waals surface area contributed by atoms with E-state index in [4.69, 9.17) is 4.74 Å². The number of imide groups is 1. The van der Waals surface area contributed by atoms with Crippen LogP contribution in [-0.4, -0.2) is 43.0 Å². The first-order valence-corrected chi connectivity index (χ1v) is 10.8. The Morgan fingerprint density at radius 3 is 2.17 bits per heavy atom. The van der Waals surface area contributed by atoms with Crippen molar-refractivity contribution in [3.05, 3.63) is 0 Å². The van der Waals surface area contributed by atoms with Crippen LogP contribution in [0.5, 0.6) is 0 Å². The molecule has 29 heavy (non-hydrogen) atoms. The third-order valence-corrected chi connectivity index (χ3v) is 6.74. The van der Waals surface area contributed by atoms with Crippen LogP contribution in [0.2, 0.25) is 0 Å². The third kappa shape index (κ3) is 5.48. The minimum atomic E-state index is -0.684. The second-order valence-corrected chi connectivity index (χ2v) is 9.20. The molecule has 8 nitrogen and oxygen atoms in total. The van der Waals surface area contributed by atoms with E-state index in [1.807, 2.05) is 13.8 Å². The largest absolute Gasteiger partial charge is 0.456 e. The van der Waals surface area contributed by atoms with E-state index in [1.165, 1.54) is 19.3 Å². The Bertz CT molecular complexity index is 627. The molecule has 0 spiro atoms. The molecule has 1 atom stereocenters. The van der Waals surface area contributed by atoms with Crippen molar-refractivity contribution < 1.29 is 23.9 Å². The van der Waals surface area contributed by atoms with Crippen molar-refractivity contribution in [1.82, 2.24) is 16.0 Å². The lowest BCUT2D eigenvalue weighted by molar-refractivity contribution is -0.149. The molecule has 0 aromatic rings. The summed E-state index contributed by atoms with van der Waals surface area (Å²) in [5, 5.41) is 7.62. The Morgan fingerprint density at radius 1 is 1.03 bits per heavy atom. The van der Waals surface area contributed by atoms with E-state index in [1.54, 1.807) is 0 Å². The van der Waals surface area contributed by atoms with Crippen molar-refractivity contribution in [2.24, 2.45) is 23.2 Å². The van der Waals surface area contributed by atoms with Crippen LogP contribution in [0.3, 0.4) is 0 Å². The van der Waals surface area contributed by atoms with Gasteiger partial charge in [0.2, 0.25) is 5.91 Å². The van der Waals surface area contributed by atoms with Gasteiger partial charge in [0.15, 0.2) is 6.61 Å². The zero-order chi connectivity index (χ0) is 21.0. The first kappa shape index (κ1) is 21.6. The fraction of sp³-hybridized carbons (Fsp3) is 0.810. The van der Waals surface area contributed by atoms with Crippen LogP contribution in [0.25, 0.3) is 0 Å². The summed E-state index contributed by atoms with van der Waals surface area (Å²) in [5.41, 5.74) is -0.235. The van der Waals surface area contributed by atoms with Crippen molar-refractivity contribution >= 4 is 23.8 Å². The van der Waals surface area contributed by atoms with Crippen molar-refractivity contribution in [3.8, 4) is 0 Å². The fourth-order valence-electron chi connectivity index (χ4n) is 5.60. The maximum absolute atomic E-state index is 12.8. The minimum absolute atomic E-state index is 0.00442. The highest BCUT2D eigenvalue weighted by Gasteiger charge is 2.54. The molecule has 0 heterocycles. The maximum atomic E-state index is 12.8. The van der Waals surface area contributed by atoms with Crippen molar-refractivity contribution in [1.29, 1.82) is 0 Å². The molecule has 3 N–H and O–H groups in total. The number of urea groups is 1. The number of nitrogens with one attached hydrogen (secondary N) is 3. The Balaban J connectivity index is 1.32. The van der Waals surface area contributed by atoms with Gasteiger partial charge >= 0.3 is 12.0 Å². The number of hydrogen-bond donors (Lipinski definition) is 3. The molecule has 0 aromatic heterocycles. The number of carbonyl (C=O) groups excluding carboxylic acids is 4. The van der Waals surface area contributed by atoms with Gasteiger partial charge in [-0.25, -0.2) is 4.79 Å². The molecular formula is C21H33N3O5. The number of rotatable bonds is 8. The van der Waals surface area contributed by atoms with Gasteiger partial charge < -0.3 is 15.4 Å². The van der Waals surface area contributed by atoms with Gasteiger partial charge in [0, 0.05) is 18.0 Å². The van der Waals surface area contributed by atoms with E-state index < -0.39 is 24.5 Å². The SMILES string of the molecule is CC[C@@H](C)NC(=O)NC(=O)COC(=O)CCNC(=O)C12CC3CC(CC(C3)C1)C2. The molecule has 4 amide bonds. The average Bonchev–Trinajstić information content (AvgIpc) is 2.65. The number of esters is 1. The summed E-state index contributed by atoms with van der Waals surface area (Å²) in [5.74, 6) is 0.878. The molecule has 4 aliphatic rings. The molecule has 4 bridgehead atoms. The summed E-state index contributed by atoms with van der Waals surface area (Å²) in [6, 6.07) is -0.661. The van der Waals surface area contributed by atoms with E-state index in [0.717, 1.165) is 25.7 Å². The van der Waals surface area contributed by atoms with Crippen LogP contribution in [0.1, 0.15) is 65.2 Å². The summed E-state index contributed by atoms with van der Waals surface area (Å²) in [7, 11) is 0. The lowest BCUT2D eigenvalue weighted by Crippen LogP contribution is -2.53. The van der Waals surface area contributed by atoms with Gasteiger partial charge in [-0.2, -0.15) is 0 Å². The Labute approximate surface area is 171 Å². The van der Waals surface area contributed by atoms with Gasteiger partial charge in [-0.15, -0.1) is 0 Å². The van der Waals surface area contributed by atoms with Crippen molar-refractivity contribution in [2.45, 2.75) is 71.3 Å². The van der Waals surface area contributed by atoms with Crippen molar-refractivity contribution in [3.63, 3.8) is 0 Å². The summed E-state index contributed by atoms with van der Waals surface area (Å²) < 4.78 is 4.88. The molecule has 0 aliphatic heterocycles. The van der Waals surface area contributed by atoms with Crippen LogP contribution in [0.4, 0.5) is 4.79 Å². The highest BCUT2D eigenvalue weighted by Crippen LogP contribution is 2.60. The summed E-state index contributed by atoms with van der Waals surface area (Å²) in [6.45, 7) is 3.42. The predicted molar refractivity (Wildman–Crippen MR) is 106 cm³/mol. The highest BCUT2D eigenvalue weighted by atomic mass is 16.5. The predicted octanol–water partition coefficient (Wildman–Crippen LogP) is 1.88. The minimum Gasteiger partial charge on any atom is -0.456 e. The molecule has 0 radical (unpaired) electrons. The lowest BCUT2D eigenvalue weighted by atomic mass is 9.49. The van der Waals surface area contributed by atoms with Crippen molar-refractivity contribution in [2.75, 3.05) is 13.2 Å². The zero-order valence-electron chi connectivity index (χ0n) is 17.4. The van der Waals surface area contributed by atoms with Crippen LogP contribution < -0.4 is 16.0 Å². The Kier molecular flexibility index (Phi) is 6.80. The van der Waals surface area contributed by atoms with Gasteiger partial charge in [-0.3, -0.25) is 19.7 Å². The van der Waals surface area contributed by atoms with Crippen LogP contribution in [0.15, 0.2) is 0 Å². The number of ether oxygens (including phenoxy) is 1. The summed E-state index contributed by atoms with van der Waals surface area (Å²) >= 11 is 0. The van der Waals surface area contributed by atoms with Crippen LogP contribution >= 0.6 is 0 Å². The van der Waals surface area contributed by atoms with Gasteiger partial charge in [0.1, 0.15) is 0 Å². The molecule has 8 heteroatoms. The van der Waals surface area contributed by atoms with Crippen LogP contribution in [-0.2, 0) is 19.1 Å². The maximum Gasteiger partial charge on any atom is 0.321 e. The van der Waals surface area contributed by atoms with E-state index >= 15 is 0 Å². The second-order valence-electron chi connectivity index (χ2n) is 9.20. The summed E-state index contributed by atoms with van der Waals surface area (Å²) in [6.07, 6.45) is 7.51. The molecule has 4 rings (SSSR count). The number of carbonyl (C=O) groups is 4. The van der Waals surface area contributed by atoms with Gasteiger partial charge in [0.05, 0.1) is 6.42 Å². The molecule has 4 aliphatic carbocycles. The standard InChI is InChI=1S/C21H33N3O5/c1-3-13(2)23-20(28)24-17(25)12-29-18(26)4-5-22-19(27)21-9-14-6-15(10-21)8-16(7-14)11-21/h13-16H,3-12H2,1-2H3,(H,22,27)(H2,23,24,25,28)/t13-,14?,15?,16?,21?/m1/s1. The second kappa shape index (κ2) is 9.13. The average molecular weight is 408 g/mol. The van der Waals surface area contributed by atoms with Gasteiger partial charge in [-0.05, 0) is 69.6 Å². The summed E-state index contributed by atoms with van der Waals surface area (Å²) in [4.78, 5) is 47.8. The normalized spacial score (nSPS) is 30.3. The third-order valence-electron chi connectivity index (χ3n) is 6.74.